The number of hydrogen-bond donors (Lipinski definition) is 2. The third-order valence-corrected chi connectivity index (χ3v) is 2.65. The van der Waals surface area contributed by atoms with Gasteiger partial charge in [-0.2, -0.15) is 0 Å². The van der Waals surface area contributed by atoms with Crippen LogP contribution in [0.5, 0.6) is 5.75 Å². The molecule has 0 aliphatic carbocycles. The van der Waals surface area contributed by atoms with Gasteiger partial charge in [0.25, 0.3) is 5.91 Å². The number of nitrogens with two attached hydrogens (primary N) is 1. The Morgan fingerprint density at radius 1 is 1.45 bits per heavy atom. The molecule has 0 aromatic heterocycles. The molecular formula is C14H21FN2O3. The van der Waals surface area contributed by atoms with Gasteiger partial charge >= 0.3 is 0 Å². The summed E-state index contributed by atoms with van der Waals surface area (Å²) in [6.45, 7) is 3.82. The Balaban J connectivity index is 2.59. The fraction of sp³-hybridized carbons (Fsp3) is 0.500. The maximum absolute atomic E-state index is 13.2. The van der Waals surface area contributed by atoms with Crippen LogP contribution in [0.2, 0.25) is 0 Å². The number of halogens is 1. The van der Waals surface area contributed by atoms with E-state index in [0.29, 0.717) is 17.9 Å². The van der Waals surface area contributed by atoms with Gasteiger partial charge in [0.2, 0.25) is 0 Å². The molecule has 0 radical (unpaired) electrons. The number of carbonyl (C=O) groups is 1. The highest BCUT2D eigenvalue weighted by Gasteiger charge is 2.12. The first-order valence-electron chi connectivity index (χ1n) is 6.40. The fourth-order valence-corrected chi connectivity index (χ4v) is 1.76. The van der Waals surface area contributed by atoms with Gasteiger partial charge in [0, 0.05) is 24.8 Å². The Morgan fingerprint density at radius 3 is 2.75 bits per heavy atom. The molecule has 3 N–H and O–H groups in total. The van der Waals surface area contributed by atoms with Crippen molar-refractivity contribution >= 4 is 5.91 Å². The van der Waals surface area contributed by atoms with Gasteiger partial charge in [-0.3, -0.25) is 4.79 Å². The maximum Gasteiger partial charge on any atom is 0.258 e. The molecule has 0 aliphatic heterocycles. The van der Waals surface area contributed by atoms with E-state index in [1.54, 1.807) is 14.0 Å². The molecule has 0 saturated carbocycles. The lowest BCUT2D eigenvalue weighted by Gasteiger charge is -2.16. The minimum Gasteiger partial charge on any atom is -0.483 e. The zero-order valence-corrected chi connectivity index (χ0v) is 12.0. The molecule has 0 spiro atoms. The van der Waals surface area contributed by atoms with Crippen LogP contribution in [0, 0.1) is 5.82 Å². The van der Waals surface area contributed by atoms with Crippen LogP contribution in [-0.2, 0) is 9.53 Å². The standard InChI is InChI=1S/C14H21FN2O3/c1-9(7-19-3)17-14(18)8-20-13-5-4-11(15)6-12(13)10(2)16/h4-6,9-10H,7-8,16H2,1-3H3,(H,17,18)/t9?,10-/m0/s1. The Hall–Kier alpha value is -1.66. The molecule has 0 fully saturated rings. The number of methoxy groups -OCH3 is 1. The molecule has 6 heteroatoms. The zero-order valence-electron chi connectivity index (χ0n) is 12.0. The highest BCUT2D eigenvalue weighted by molar-refractivity contribution is 5.77. The van der Waals surface area contributed by atoms with E-state index >= 15 is 0 Å². The summed E-state index contributed by atoms with van der Waals surface area (Å²) in [5.74, 6) is -0.242. The molecule has 1 aromatic carbocycles. The fourth-order valence-electron chi connectivity index (χ4n) is 1.76. The molecule has 112 valence electrons. The zero-order chi connectivity index (χ0) is 15.1. The molecule has 5 nitrogen and oxygen atoms in total. The van der Waals surface area contributed by atoms with Gasteiger partial charge < -0.3 is 20.5 Å². The third kappa shape index (κ3) is 5.14. The summed E-state index contributed by atoms with van der Waals surface area (Å²) < 4.78 is 23.5. The average Bonchev–Trinajstić information content (AvgIpc) is 2.37. The lowest BCUT2D eigenvalue weighted by atomic mass is 10.1. The van der Waals surface area contributed by atoms with Gasteiger partial charge in [0.1, 0.15) is 11.6 Å². The molecule has 1 aromatic rings. The van der Waals surface area contributed by atoms with E-state index in [2.05, 4.69) is 5.32 Å². The molecule has 20 heavy (non-hydrogen) atoms. The largest absolute Gasteiger partial charge is 0.483 e. The summed E-state index contributed by atoms with van der Waals surface area (Å²) in [7, 11) is 1.56. The first-order valence-corrected chi connectivity index (χ1v) is 6.40. The van der Waals surface area contributed by atoms with Crippen LogP contribution in [0.1, 0.15) is 25.5 Å². The minimum absolute atomic E-state index is 0.0998. The lowest BCUT2D eigenvalue weighted by molar-refractivity contribution is -0.124. The van der Waals surface area contributed by atoms with E-state index in [1.165, 1.54) is 18.2 Å². The van der Waals surface area contributed by atoms with Crippen molar-refractivity contribution in [2.24, 2.45) is 5.73 Å². The smallest absolute Gasteiger partial charge is 0.258 e. The number of rotatable bonds is 7. The van der Waals surface area contributed by atoms with E-state index < -0.39 is 0 Å². The van der Waals surface area contributed by atoms with Crippen LogP contribution < -0.4 is 15.8 Å². The maximum atomic E-state index is 13.2. The van der Waals surface area contributed by atoms with Crippen LogP contribution in [0.15, 0.2) is 18.2 Å². The van der Waals surface area contributed by atoms with Gasteiger partial charge in [-0.15, -0.1) is 0 Å². The summed E-state index contributed by atoms with van der Waals surface area (Å²) >= 11 is 0. The van der Waals surface area contributed by atoms with Gasteiger partial charge in [-0.25, -0.2) is 4.39 Å². The monoisotopic (exact) mass is 284 g/mol. The normalized spacial score (nSPS) is 13.7. The van der Waals surface area contributed by atoms with Crippen LogP contribution >= 0.6 is 0 Å². The SMILES string of the molecule is COCC(C)NC(=O)COc1ccc(F)cc1[C@H](C)N. The number of carbonyl (C=O) groups excluding carboxylic acids is 1. The number of hydrogen-bond acceptors (Lipinski definition) is 4. The molecule has 1 rings (SSSR count). The molecular weight excluding hydrogens is 263 g/mol. The number of amides is 1. The van der Waals surface area contributed by atoms with Gasteiger partial charge in [0.15, 0.2) is 6.61 Å². The van der Waals surface area contributed by atoms with Crippen LogP contribution in [-0.4, -0.2) is 32.3 Å². The highest BCUT2D eigenvalue weighted by Crippen LogP contribution is 2.24. The van der Waals surface area contributed by atoms with E-state index in [1.807, 2.05) is 6.92 Å². The van der Waals surface area contributed by atoms with Crippen molar-refractivity contribution < 1.29 is 18.7 Å². The second-order valence-electron chi connectivity index (χ2n) is 4.68. The Kier molecular flexibility index (Phi) is 6.41. The second-order valence-corrected chi connectivity index (χ2v) is 4.68. The van der Waals surface area contributed by atoms with E-state index in [4.69, 9.17) is 15.2 Å². The van der Waals surface area contributed by atoms with Crippen molar-refractivity contribution in [3.63, 3.8) is 0 Å². The molecule has 2 atom stereocenters. The molecule has 0 aliphatic rings. The predicted octanol–water partition coefficient (Wildman–Crippen LogP) is 1.38. The van der Waals surface area contributed by atoms with Crippen LogP contribution in [0.4, 0.5) is 4.39 Å². The van der Waals surface area contributed by atoms with Crippen molar-refractivity contribution in [1.29, 1.82) is 0 Å². The van der Waals surface area contributed by atoms with Crippen molar-refractivity contribution in [3.05, 3.63) is 29.6 Å². The van der Waals surface area contributed by atoms with Crippen molar-refractivity contribution in [2.75, 3.05) is 20.3 Å². The second kappa shape index (κ2) is 7.81. The third-order valence-electron chi connectivity index (χ3n) is 2.65. The first-order chi connectivity index (χ1) is 9.43. The summed E-state index contributed by atoms with van der Waals surface area (Å²) in [5.41, 5.74) is 6.28. The molecule has 0 saturated heterocycles. The van der Waals surface area contributed by atoms with Gasteiger partial charge in [-0.05, 0) is 32.0 Å². The lowest BCUT2D eigenvalue weighted by Crippen LogP contribution is -2.38. The highest BCUT2D eigenvalue weighted by atomic mass is 19.1. The Morgan fingerprint density at radius 2 is 2.15 bits per heavy atom. The molecule has 1 unspecified atom stereocenters. The number of ether oxygens (including phenoxy) is 2. The quantitative estimate of drug-likeness (QED) is 0.793. The van der Waals surface area contributed by atoms with E-state index in [0.717, 1.165) is 0 Å². The summed E-state index contributed by atoms with van der Waals surface area (Å²) in [6.07, 6.45) is 0. The minimum atomic E-state index is -0.386. The van der Waals surface area contributed by atoms with Crippen molar-refractivity contribution in [2.45, 2.75) is 25.9 Å². The topological polar surface area (TPSA) is 73.6 Å². The van der Waals surface area contributed by atoms with Gasteiger partial charge in [-0.1, -0.05) is 0 Å². The molecule has 0 bridgehead atoms. The predicted molar refractivity (Wildman–Crippen MR) is 74.0 cm³/mol. The van der Waals surface area contributed by atoms with E-state index in [-0.39, 0.29) is 30.4 Å². The molecule has 0 heterocycles. The Labute approximate surface area is 118 Å². The summed E-state index contributed by atoms with van der Waals surface area (Å²) in [5, 5.41) is 2.72. The number of nitrogens with one attached hydrogen (secondary N) is 1. The number of benzene rings is 1. The van der Waals surface area contributed by atoms with Crippen molar-refractivity contribution in [3.8, 4) is 5.75 Å². The van der Waals surface area contributed by atoms with Crippen molar-refractivity contribution in [1.82, 2.24) is 5.32 Å². The summed E-state index contributed by atoms with van der Waals surface area (Å²) in [6, 6.07) is 3.58. The Bertz CT molecular complexity index is 452. The average molecular weight is 284 g/mol. The van der Waals surface area contributed by atoms with E-state index in [9.17, 15) is 9.18 Å². The molecule has 1 amide bonds. The summed E-state index contributed by atoms with van der Waals surface area (Å²) in [4.78, 5) is 11.7. The first kappa shape index (κ1) is 16.4. The van der Waals surface area contributed by atoms with Gasteiger partial charge in [0.05, 0.1) is 6.61 Å². The van der Waals surface area contributed by atoms with Crippen LogP contribution in [0.25, 0.3) is 0 Å². The van der Waals surface area contributed by atoms with Crippen LogP contribution in [0.3, 0.4) is 0 Å².